The first kappa shape index (κ1) is 15.5. The third-order valence-electron chi connectivity index (χ3n) is 3.98. The quantitative estimate of drug-likeness (QED) is 0.495. The topological polar surface area (TPSA) is 9.23 Å². The summed E-state index contributed by atoms with van der Waals surface area (Å²) in [4.78, 5) is 0. The second kappa shape index (κ2) is 7.72. The molecule has 2 heteroatoms. The van der Waals surface area contributed by atoms with Crippen molar-refractivity contribution < 1.29 is 4.52 Å². The molecular weight excluding hydrogens is 287 g/mol. The lowest BCUT2D eigenvalue weighted by atomic mass is 10.2. The molecule has 1 aliphatic carbocycles. The fourth-order valence-corrected chi connectivity index (χ4v) is 4.36. The molecule has 114 valence electrons. The summed E-state index contributed by atoms with van der Waals surface area (Å²) in [6.07, 6.45) is 5.06. The van der Waals surface area contributed by atoms with Crippen molar-refractivity contribution in [2.75, 3.05) is 6.61 Å². The van der Waals surface area contributed by atoms with E-state index in [1.54, 1.807) is 5.57 Å². The number of hydrogen-bond donors (Lipinski definition) is 0. The summed E-state index contributed by atoms with van der Waals surface area (Å²) in [5, 5.41) is 2.58. The Morgan fingerprint density at radius 1 is 0.864 bits per heavy atom. The zero-order chi connectivity index (χ0) is 15.2. The minimum absolute atomic E-state index is 0.709. The van der Waals surface area contributed by atoms with Crippen LogP contribution < -0.4 is 10.6 Å². The number of rotatable bonds is 8. The molecule has 0 amide bonds. The predicted molar refractivity (Wildman–Crippen MR) is 96.2 cm³/mol. The van der Waals surface area contributed by atoms with E-state index in [1.165, 1.54) is 41.9 Å². The van der Waals surface area contributed by atoms with Gasteiger partial charge >= 0.3 is 0 Å². The summed E-state index contributed by atoms with van der Waals surface area (Å²) in [5.74, 6) is 0. The van der Waals surface area contributed by atoms with Gasteiger partial charge in [0.2, 0.25) is 0 Å². The number of allylic oxidation sites excluding steroid dienone is 1. The van der Waals surface area contributed by atoms with Crippen LogP contribution in [0.1, 0.15) is 32.6 Å². The van der Waals surface area contributed by atoms with Crippen molar-refractivity contribution in [3.8, 4) is 0 Å². The summed E-state index contributed by atoms with van der Waals surface area (Å²) < 4.78 is 6.36. The van der Waals surface area contributed by atoms with E-state index in [4.69, 9.17) is 4.52 Å². The Hall–Kier alpha value is -1.43. The van der Waals surface area contributed by atoms with Crippen LogP contribution in [0.3, 0.4) is 0 Å². The van der Waals surface area contributed by atoms with E-state index >= 15 is 0 Å². The maximum atomic E-state index is 6.36. The Kier molecular flexibility index (Phi) is 5.43. The van der Waals surface area contributed by atoms with Crippen molar-refractivity contribution in [3.63, 3.8) is 0 Å². The van der Waals surface area contributed by atoms with Gasteiger partial charge in [-0.1, -0.05) is 79.6 Å². The zero-order valence-corrected chi connectivity index (χ0v) is 14.1. The van der Waals surface area contributed by atoms with Gasteiger partial charge in [-0.25, -0.2) is 0 Å². The van der Waals surface area contributed by atoms with Gasteiger partial charge in [0.1, 0.15) is 0 Å². The van der Waals surface area contributed by atoms with E-state index in [1.807, 2.05) is 0 Å². The highest BCUT2D eigenvalue weighted by Crippen LogP contribution is 2.41. The maximum Gasteiger partial charge on any atom is 0.0922 e. The standard InChI is InChI=1S/C20H23OP/c1-2-3-10-17-15-18(17)16-21-22(19-11-6-4-7-12-19)20-13-8-5-9-14-20/h4-9,11-14H,2-3,10,15-16H2,1H3. The fraction of sp³-hybridized carbons (Fsp3) is 0.300. The highest BCUT2D eigenvalue weighted by Gasteiger charge is 2.23. The van der Waals surface area contributed by atoms with Gasteiger partial charge in [-0.3, -0.25) is 0 Å². The molecular formula is C20H23OP. The molecule has 0 heterocycles. The maximum absolute atomic E-state index is 6.36. The smallest absolute Gasteiger partial charge is 0.0922 e. The average molecular weight is 310 g/mol. The van der Waals surface area contributed by atoms with Crippen LogP contribution in [0.25, 0.3) is 0 Å². The van der Waals surface area contributed by atoms with Crippen molar-refractivity contribution in [2.24, 2.45) is 0 Å². The second-order valence-electron chi connectivity index (χ2n) is 5.73. The Morgan fingerprint density at radius 3 is 2.00 bits per heavy atom. The van der Waals surface area contributed by atoms with Gasteiger partial charge in [-0.2, -0.15) is 0 Å². The molecule has 0 radical (unpaired) electrons. The van der Waals surface area contributed by atoms with Gasteiger partial charge in [-0.05, 0) is 24.8 Å². The summed E-state index contributed by atoms with van der Waals surface area (Å²) in [7, 11) is -0.709. The van der Waals surface area contributed by atoms with Crippen LogP contribution in [0.15, 0.2) is 71.8 Å². The Bertz CT molecular complexity index is 579. The van der Waals surface area contributed by atoms with Crippen molar-refractivity contribution in [1.29, 1.82) is 0 Å². The third-order valence-corrected chi connectivity index (χ3v) is 5.90. The number of unbranched alkanes of at least 4 members (excludes halogenated alkanes) is 1. The Morgan fingerprint density at radius 2 is 1.45 bits per heavy atom. The van der Waals surface area contributed by atoms with E-state index in [0.717, 1.165) is 6.61 Å². The molecule has 2 aromatic rings. The molecule has 0 aliphatic heterocycles. The van der Waals surface area contributed by atoms with Crippen LogP contribution >= 0.6 is 8.15 Å². The van der Waals surface area contributed by atoms with Gasteiger partial charge in [0.05, 0.1) is 14.8 Å². The van der Waals surface area contributed by atoms with E-state index < -0.39 is 8.15 Å². The molecule has 22 heavy (non-hydrogen) atoms. The molecule has 0 fully saturated rings. The average Bonchev–Trinajstić information content (AvgIpc) is 3.33. The predicted octanol–water partition coefficient (Wildman–Crippen LogP) is 4.94. The molecule has 0 aromatic heterocycles. The van der Waals surface area contributed by atoms with Crippen LogP contribution in [0.5, 0.6) is 0 Å². The zero-order valence-electron chi connectivity index (χ0n) is 13.2. The molecule has 2 aromatic carbocycles. The molecule has 0 spiro atoms. The monoisotopic (exact) mass is 310 g/mol. The first-order valence-corrected chi connectivity index (χ1v) is 9.37. The van der Waals surface area contributed by atoms with Gasteiger partial charge in [0.25, 0.3) is 0 Å². The minimum atomic E-state index is -0.709. The largest absolute Gasteiger partial charge is 0.345 e. The van der Waals surface area contributed by atoms with Crippen LogP contribution in [0.2, 0.25) is 0 Å². The number of hydrogen-bond acceptors (Lipinski definition) is 1. The van der Waals surface area contributed by atoms with Gasteiger partial charge in [-0.15, -0.1) is 0 Å². The molecule has 0 atom stereocenters. The minimum Gasteiger partial charge on any atom is -0.345 e. The molecule has 3 rings (SSSR count). The Balaban J connectivity index is 1.70. The third kappa shape index (κ3) is 4.06. The number of benzene rings is 2. The molecule has 0 bridgehead atoms. The van der Waals surface area contributed by atoms with Crippen molar-refractivity contribution >= 4 is 18.8 Å². The summed E-state index contributed by atoms with van der Waals surface area (Å²) in [6, 6.07) is 21.2. The molecule has 0 unspecified atom stereocenters. The van der Waals surface area contributed by atoms with Crippen molar-refractivity contribution in [3.05, 3.63) is 71.8 Å². The van der Waals surface area contributed by atoms with Crippen molar-refractivity contribution in [2.45, 2.75) is 32.6 Å². The molecule has 0 N–H and O–H groups in total. The molecule has 0 saturated carbocycles. The molecule has 1 aliphatic rings. The summed E-state index contributed by atoms with van der Waals surface area (Å²) >= 11 is 0. The lowest BCUT2D eigenvalue weighted by Gasteiger charge is -2.17. The van der Waals surface area contributed by atoms with E-state index in [0.29, 0.717) is 0 Å². The highest BCUT2D eigenvalue weighted by molar-refractivity contribution is 7.68. The SMILES string of the molecule is CCCCC1=C(COP(c2ccccc2)c2ccccc2)C1. The first-order valence-electron chi connectivity index (χ1n) is 8.11. The summed E-state index contributed by atoms with van der Waals surface area (Å²) in [5.41, 5.74) is 3.17. The van der Waals surface area contributed by atoms with E-state index in [-0.39, 0.29) is 0 Å². The molecule has 0 saturated heterocycles. The van der Waals surface area contributed by atoms with Crippen LogP contribution in [-0.4, -0.2) is 6.61 Å². The Labute approximate surface area is 134 Å². The van der Waals surface area contributed by atoms with Gasteiger partial charge < -0.3 is 4.52 Å². The van der Waals surface area contributed by atoms with Crippen molar-refractivity contribution in [1.82, 2.24) is 0 Å². The van der Waals surface area contributed by atoms with Gasteiger partial charge in [0.15, 0.2) is 0 Å². The normalized spacial score (nSPS) is 13.7. The van der Waals surface area contributed by atoms with Crippen LogP contribution in [0.4, 0.5) is 0 Å². The van der Waals surface area contributed by atoms with Crippen LogP contribution in [0, 0.1) is 0 Å². The van der Waals surface area contributed by atoms with E-state index in [9.17, 15) is 0 Å². The van der Waals surface area contributed by atoms with E-state index in [2.05, 4.69) is 67.6 Å². The molecule has 1 nitrogen and oxygen atoms in total. The van der Waals surface area contributed by atoms with Gasteiger partial charge in [0, 0.05) is 10.6 Å². The second-order valence-corrected chi connectivity index (χ2v) is 7.61. The lowest BCUT2D eigenvalue weighted by Crippen LogP contribution is -2.13. The van der Waals surface area contributed by atoms with Crippen LogP contribution in [-0.2, 0) is 4.52 Å². The summed E-state index contributed by atoms with van der Waals surface area (Å²) in [6.45, 7) is 3.05. The first-order chi connectivity index (χ1) is 10.9. The lowest BCUT2D eigenvalue weighted by molar-refractivity contribution is 0.406. The fourth-order valence-electron chi connectivity index (χ4n) is 2.59. The highest BCUT2D eigenvalue weighted by atomic mass is 31.1.